The van der Waals surface area contributed by atoms with Gasteiger partial charge >= 0.3 is 5.97 Å². The van der Waals surface area contributed by atoms with Gasteiger partial charge < -0.3 is 20.1 Å². The molecule has 8 heteroatoms. The molecule has 2 N–H and O–H groups in total. The Labute approximate surface area is 128 Å². The molecule has 0 spiro atoms. The number of carbonyl (C=O) groups is 3. The third-order valence-corrected chi connectivity index (χ3v) is 2.87. The third kappa shape index (κ3) is 5.78. The summed E-state index contributed by atoms with van der Waals surface area (Å²) in [6, 6.07) is 2.29. The summed E-state index contributed by atoms with van der Waals surface area (Å²) >= 11 is 0. The van der Waals surface area contributed by atoms with Gasteiger partial charge in [-0.3, -0.25) is 14.6 Å². The Kier molecular flexibility index (Phi) is 6.81. The monoisotopic (exact) mass is 309 g/mol. The maximum Gasteiger partial charge on any atom is 0.326 e. The van der Waals surface area contributed by atoms with Crippen molar-refractivity contribution in [2.45, 2.75) is 19.9 Å². The fraction of sp³-hybridized carbons (Fsp3) is 0.429. The van der Waals surface area contributed by atoms with E-state index >= 15 is 0 Å². The van der Waals surface area contributed by atoms with Crippen LogP contribution >= 0.6 is 0 Å². The molecule has 8 nitrogen and oxygen atoms in total. The Bertz CT molecular complexity index is 520. The second-order valence-corrected chi connectivity index (χ2v) is 4.56. The quantitative estimate of drug-likeness (QED) is 0.694. The zero-order valence-electron chi connectivity index (χ0n) is 12.5. The number of carboxylic acids is 1. The van der Waals surface area contributed by atoms with Crippen molar-refractivity contribution in [2.75, 3.05) is 19.7 Å². The van der Waals surface area contributed by atoms with Crippen LogP contribution in [0.5, 0.6) is 5.75 Å². The first-order valence-electron chi connectivity index (χ1n) is 6.71. The summed E-state index contributed by atoms with van der Waals surface area (Å²) in [5.74, 6) is -1.44. The minimum atomic E-state index is -1.13. The van der Waals surface area contributed by atoms with Crippen LogP contribution in [0.4, 0.5) is 0 Å². The molecule has 0 saturated heterocycles. The fourth-order valence-corrected chi connectivity index (χ4v) is 1.68. The van der Waals surface area contributed by atoms with Gasteiger partial charge in [0.05, 0.1) is 6.20 Å². The minimum absolute atomic E-state index is 0.0856. The molecule has 1 rings (SSSR count). The molecule has 0 aromatic carbocycles. The third-order valence-electron chi connectivity index (χ3n) is 2.87. The van der Waals surface area contributed by atoms with Gasteiger partial charge in [0, 0.05) is 26.2 Å². The highest BCUT2D eigenvalue weighted by molar-refractivity contribution is 5.84. The van der Waals surface area contributed by atoms with Crippen molar-refractivity contribution in [2.24, 2.45) is 0 Å². The van der Waals surface area contributed by atoms with Gasteiger partial charge in [-0.2, -0.15) is 0 Å². The van der Waals surface area contributed by atoms with Gasteiger partial charge in [0.2, 0.25) is 5.91 Å². The van der Waals surface area contributed by atoms with Gasteiger partial charge in [0.25, 0.3) is 5.91 Å². The van der Waals surface area contributed by atoms with E-state index in [0.29, 0.717) is 5.75 Å². The van der Waals surface area contributed by atoms with Gasteiger partial charge in [0.15, 0.2) is 6.61 Å². The van der Waals surface area contributed by atoms with Crippen LogP contribution in [0.2, 0.25) is 0 Å². The first-order chi connectivity index (χ1) is 10.4. The summed E-state index contributed by atoms with van der Waals surface area (Å²) in [5, 5.41) is 11.6. The van der Waals surface area contributed by atoms with Crippen LogP contribution in [0.25, 0.3) is 0 Å². The first kappa shape index (κ1) is 17.4. The predicted octanol–water partition coefficient (Wildman–Crippen LogP) is -0.102. The average molecular weight is 309 g/mol. The van der Waals surface area contributed by atoms with Gasteiger partial charge in [-0.1, -0.05) is 0 Å². The molecule has 0 fully saturated rings. The summed E-state index contributed by atoms with van der Waals surface area (Å²) in [6.45, 7) is 2.70. The van der Waals surface area contributed by atoms with Crippen molar-refractivity contribution in [3.63, 3.8) is 0 Å². The SMILES string of the molecule is CC(=O)NCCN(C(=O)COc1cccnc1)C(C)C(=O)O. The Hall–Kier alpha value is -2.64. The van der Waals surface area contributed by atoms with E-state index < -0.39 is 17.9 Å². The van der Waals surface area contributed by atoms with Crippen LogP contribution in [-0.2, 0) is 14.4 Å². The minimum Gasteiger partial charge on any atom is -0.482 e. The molecular weight excluding hydrogens is 290 g/mol. The second-order valence-electron chi connectivity index (χ2n) is 4.56. The Morgan fingerprint density at radius 2 is 2.18 bits per heavy atom. The van der Waals surface area contributed by atoms with E-state index in [1.165, 1.54) is 20.0 Å². The van der Waals surface area contributed by atoms with Gasteiger partial charge in [-0.15, -0.1) is 0 Å². The average Bonchev–Trinajstić information content (AvgIpc) is 2.49. The van der Waals surface area contributed by atoms with Gasteiger partial charge in [0.1, 0.15) is 11.8 Å². The first-order valence-corrected chi connectivity index (χ1v) is 6.71. The van der Waals surface area contributed by atoms with Crippen molar-refractivity contribution in [3.8, 4) is 5.75 Å². The highest BCUT2D eigenvalue weighted by Crippen LogP contribution is 2.07. The number of rotatable bonds is 8. The molecule has 0 saturated carbocycles. The molecular formula is C14H19N3O5. The number of pyridine rings is 1. The van der Waals surface area contributed by atoms with Crippen LogP contribution in [0.15, 0.2) is 24.5 Å². The summed E-state index contributed by atoms with van der Waals surface area (Å²) in [5.41, 5.74) is 0. The molecule has 22 heavy (non-hydrogen) atoms. The van der Waals surface area contributed by atoms with Gasteiger partial charge in [-0.05, 0) is 19.1 Å². The number of aliphatic carboxylic acids is 1. The van der Waals surface area contributed by atoms with Gasteiger partial charge in [-0.25, -0.2) is 4.79 Å². The van der Waals surface area contributed by atoms with E-state index in [2.05, 4.69) is 10.3 Å². The largest absolute Gasteiger partial charge is 0.482 e. The van der Waals surface area contributed by atoms with Crippen LogP contribution < -0.4 is 10.1 Å². The van der Waals surface area contributed by atoms with Crippen LogP contribution in [0.1, 0.15) is 13.8 Å². The standard InChI is InChI=1S/C14H19N3O5/c1-10(14(20)21)17(7-6-16-11(2)18)13(19)9-22-12-4-3-5-15-8-12/h3-5,8,10H,6-7,9H2,1-2H3,(H,16,18)(H,20,21). The number of ether oxygens (including phenoxy) is 1. The topological polar surface area (TPSA) is 109 Å². The lowest BCUT2D eigenvalue weighted by Crippen LogP contribution is -2.48. The maximum atomic E-state index is 12.1. The molecule has 0 radical (unpaired) electrons. The number of carboxylic acid groups (broad SMARTS) is 1. The summed E-state index contributed by atoms with van der Waals surface area (Å²) < 4.78 is 5.27. The second kappa shape index (κ2) is 8.60. The highest BCUT2D eigenvalue weighted by atomic mass is 16.5. The van der Waals surface area contributed by atoms with Crippen molar-refractivity contribution in [3.05, 3.63) is 24.5 Å². The van der Waals surface area contributed by atoms with E-state index in [1.54, 1.807) is 18.3 Å². The van der Waals surface area contributed by atoms with Crippen molar-refractivity contribution in [1.29, 1.82) is 0 Å². The summed E-state index contributed by atoms with van der Waals surface area (Å²) in [4.78, 5) is 39.1. The smallest absolute Gasteiger partial charge is 0.326 e. The highest BCUT2D eigenvalue weighted by Gasteiger charge is 2.25. The molecule has 0 bridgehead atoms. The van der Waals surface area contributed by atoms with E-state index in [0.717, 1.165) is 4.90 Å². The zero-order chi connectivity index (χ0) is 16.5. The molecule has 2 amide bonds. The van der Waals surface area contributed by atoms with E-state index in [-0.39, 0.29) is 25.6 Å². The maximum absolute atomic E-state index is 12.1. The lowest BCUT2D eigenvalue weighted by Gasteiger charge is -2.26. The molecule has 1 atom stereocenters. The number of hydrogen-bond acceptors (Lipinski definition) is 5. The lowest BCUT2D eigenvalue weighted by molar-refractivity contribution is -0.150. The van der Waals surface area contributed by atoms with E-state index in [4.69, 9.17) is 9.84 Å². The van der Waals surface area contributed by atoms with E-state index in [1.807, 2.05) is 0 Å². The number of carbonyl (C=O) groups excluding carboxylic acids is 2. The molecule has 1 aromatic rings. The van der Waals surface area contributed by atoms with Crippen molar-refractivity contribution < 1.29 is 24.2 Å². The Balaban J connectivity index is 2.62. The number of aromatic nitrogens is 1. The molecule has 1 unspecified atom stereocenters. The van der Waals surface area contributed by atoms with Crippen molar-refractivity contribution >= 4 is 17.8 Å². The zero-order valence-corrected chi connectivity index (χ0v) is 12.5. The van der Waals surface area contributed by atoms with Crippen LogP contribution in [0, 0.1) is 0 Å². The molecule has 120 valence electrons. The predicted molar refractivity (Wildman–Crippen MR) is 77.2 cm³/mol. The molecule has 0 aliphatic heterocycles. The Morgan fingerprint density at radius 1 is 1.45 bits per heavy atom. The van der Waals surface area contributed by atoms with Crippen LogP contribution in [-0.4, -0.2) is 58.5 Å². The molecule has 0 aliphatic rings. The number of hydrogen-bond donors (Lipinski definition) is 2. The molecule has 1 heterocycles. The number of nitrogens with one attached hydrogen (secondary N) is 1. The van der Waals surface area contributed by atoms with Crippen LogP contribution in [0.3, 0.4) is 0 Å². The Morgan fingerprint density at radius 3 is 2.73 bits per heavy atom. The molecule has 1 aromatic heterocycles. The fourth-order valence-electron chi connectivity index (χ4n) is 1.68. The number of amides is 2. The summed E-state index contributed by atoms with van der Waals surface area (Å²) in [6.07, 6.45) is 3.02. The normalized spacial score (nSPS) is 11.4. The lowest BCUT2D eigenvalue weighted by atomic mass is 10.2. The summed E-state index contributed by atoms with van der Waals surface area (Å²) in [7, 11) is 0. The number of nitrogens with zero attached hydrogens (tertiary/aromatic N) is 2. The van der Waals surface area contributed by atoms with E-state index in [9.17, 15) is 14.4 Å². The van der Waals surface area contributed by atoms with Crippen molar-refractivity contribution in [1.82, 2.24) is 15.2 Å². The molecule has 0 aliphatic carbocycles.